The SMILES string of the molecule is CCC[C@H]1CC[C@H](C(=O)Oc2ccc(F)nc2F)CC1. The van der Waals surface area contributed by atoms with E-state index in [1.54, 1.807) is 0 Å². The molecule has 1 heterocycles. The summed E-state index contributed by atoms with van der Waals surface area (Å²) in [7, 11) is 0. The van der Waals surface area contributed by atoms with Gasteiger partial charge in [0.05, 0.1) is 5.92 Å². The number of rotatable bonds is 4. The average Bonchev–Trinajstić information content (AvgIpc) is 2.43. The van der Waals surface area contributed by atoms with Crippen LogP contribution >= 0.6 is 0 Å². The Hall–Kier alpha value is -1.52. The van der Waals surface area contributed by atoms with Crippen LogP contribution in [-0.4, -0.2) is 11.0 Å². The standard InChI is InChI=1S/C15H19F2NO2/c1-2-3-10-4-6-11(7-5-10)15(19)20-12-8-9-13(16)18-14(12)17/h8-11H,2-7H2,1H3/t10-,11-. The molecule has 1 aliphatic rings. The number of esters is 1. The number of aromatic nitrogens is 1. The molecule has 1 aromatic rings. The molecule has 20 heavy (non-hydrogen) atoms. The van der Waals surface area contributed by atoms with Crippen molar-refractivity contribution in [3.05, 3.63) is 24.0 Å². The van der Waals surface area contributed by atoms with Crippen molar-refractivity contribution in [3.8, 4) is 5.75 Å². The molecule has 110 valence electrons. The van der Waals surface area contributed by atoms with Crippen LogP contribution in [0.1, 0.15) is 45.4 Å². The number of carbonyl (C=O) groups excluding carboxylic acids is 1. The third-order valence-electron chi connectivity index (χ3n) is 3.87. The van der Waals surface area contributed by atoms with Gasteiger partial charge in [0.1, 0.15) is 0 Å². The Kier molecular flexibility index (Phi) is 5.04. The third-order valence-corrected chi connectivity index (χ3v) is 3.87. The minimum Gasteiger partial charge on any atom is -0.421 e. The van der Waals surface area contributed by atoms with Gasteiger partial charge in [0.15, 0.2) is 5.75 Å². The van der Waals surface area contributed by atoms with E-state index in [1.807, 2.05) is 0 Å². The van der Waals surface area contributed by atoms with Crippen LogP contribution in [0, 0.1) is 23.7 Å². The van der Waals surface area contributed by atoms with Crippen LogP contribution in [0.3, 0.4) is 0 Å². The van der Waals surface area contributed by atoms with Gasteiger partial charge >= 0.3 is 5.97 Å². The van der Waals surface area contributed by atoms with E-state index in [9.17, 15) is 13.6 Å². The van der Waals surface area contributed by atoms with Crippen LogP contribution in [0.5, 0.6) is 5.75 Å². The van der Waals surface area contributed by atoms with Crippen LogP contribution in [0.25, 0.3) is 0 Å². The second-order valence-electron chi connectivity index (χ2n) is 5.35. The number of pyridine rings is 1. The Morgan fingerprint density at radius 2 is 2.00 bits per heavy atom. The highest BCUT2D eigenvalue weighted by Crippen LogP contribution is 2.32. The van der Waals surface area contributed by atoms with Crippen molar-refractivity contribution < 1.29 is 18.3 Å². The summed E-state index contributed by atoms with van der Waals surface area (Å²) in [6, 6.07) is 2.07. The van der Waals surface area contributed by atoms with Crippen LogP contribution < -0.4 is 4.74 Å². The molecule has 1 aliphatic carbocycles. The van der Waals surface area contributed by atoms with E-state index in [1.165, 1.54) is 6.42 Å². The average molecular weight is 283 g/mol. The molecule has 2 rings (SSSR count). The lowest BCUT2D eigenvalue weighted by molar-refractivity contribution is -0.140. The first kappa shape index (κ1) is 14.9. The topological polar surface area (TPSA) is 39.2 Å². The fraction of sp³-hybridized carbons (Fsp3) is 0.600. The summed E-state index contributed by atoms with van der Waals surface area (Å²) in [5.74, 6) is -2.25. The van der Waals surface area contributed by atoms with Crippen LogP contribution in [0.4, 0.5) is 8.78 Å². The van der Waals surface area contributed by atoms with E-state index in [-0.39, 0.29) is 11.7 Å². The van der Waals surface area contributed by atoms with Gasteiger partial charge in [0.25, 0.3) is 5.95 Å². The van der Waals surface area contributed by atoms with Crippen molar-refractivity contribution in [2.75, 3.05) is 0 Å². The van der Waals surface area contributed by atoms with Gasteiger partial charge < -0.3 is 4.74 Å². The van der Waals surface area contributed by atoms with E-state index in [0.717, 1.165) is 44.2 Å². The molecular weight excluding hydrogens is 264 g/mol. The normalized spacial score (nSPS) is 22.6. The second kappa shape index (κ2) is 6.77. The van der Waals surface area contributed by atoms with Crippen molar-refractivity contribution in [2.45, 2.75) is 45.4 Å². The molecular formula is C15H19F2NO2. The van der Waals surface area contributed by atoms with Crippen molar-refractivity contribution >= 4 is 5.97 Å². The molecule has 0 bridgehead atoms. The Labute approximate surface area is 117 Å². The first-order chi connectivity index (χ1) is 9.60. The summed E-state index contributed by atoms with van der Waals surface area (Å²) in [4.78, 5) is 15.0. The highest BCUT2D eigenvalue weighted by Gasteiger charge is 2.28. The number of ether oxygens (including phenoxy) is 1. The summed E-state index contributed by atoms with van der Waals surface area (Å²) in [5, 5.41) is 0. The van der Waals surface area contributed by atoms with Gasteiger partial charge in [-0.2, -0.15) is 13.8 Å². The maximum absolute atomic E-state index is 13.3. The minimum absolute atomic E-state index is 0.187. The fourth-order valence-electron chi connectivity index (χ4n) is 2.76. The molecule has 0 atom stereocenters. The van der Waals surface area contributed by atoms with Crippen molar-refractivity contribution in [2.24, 2.45) is 11.8 Å². The Balaban J connectivity index is 1.89. The molecule has 5 heteroatoms. The number of halogens is 2. The fourth-order valence-corrected chi connectivity index (χ4v) is 2.76. The highest BCUT2D eigenvalue weighted by atomic mass is 19.1. The lowest BCUT2D eigenvalue weighted by Gasteiger charge is -2.26. The van der Waals surface area contributed by atoms with Gasteiger partial charge in [-0.05, 0) is 43.7 Å². The molecule has 0 aromatic carbocycles. The van der Waals surface area contributed by atoms with E-state index in [2.05, 4.69) is 11.9 Å². The van der Waals surface area contributed by atoms with Crippen LogP contribution in [0.2, 0.25) is 0 Å². The molecule has 0 saturated heterocycles. The van der Waals surface area contributed by atoms with Gasteiger partial charge in [-0.15, -0.1) is 0 Å². The summed E-state index contributed by atoms with van der Waals surface area (Å²) in [5.41, 5.74) is 0. The Morgan fingerprint density at radius 3 is 2.60 bits per heavy atom. The quantitative estimate of drug-likeness (QED) is 0.622. The van der Waals surface area contributed by atoms with E-state index in [4.69, 9.17) is 4.74 Å². The summed E-state index contributed by atoms with van der Waals surface area (Å²) in [6.45, 7) is 2.16. The largest absolute Gasteiger partial charge is 0.421 e. The van der Waals surface area contributed by atoms with Crippen LogP contribution in [-0.2, 0) is 4.79 Å². The zero-order valence-corrected chi connectivity index (χ0v) is 11.6. The number of carbonyl (C=O) groups is 1. The summed E-state index contributed by atoms with van der Waals surface area (Å²) in [6.07, 6.45) is 5.93. The van der Waals surface area contributed by atoms with Crippen molar-refractivity contribution in [3.63, 3.8) is 0 Å². The predicted molar refractivity (Wildman–Crippen MR) is 70.1 cm³/mol. The number of hydrogen-bond acceptors (Lipinski definition) is 3. The number of nitrogens with zero attached hydrogens (tertiary/aromatic N) is 1. The van der Waals surface area contributed by atoms with E-state index < -0.39 is 17.9 Å². The highest BCUT2D eigenvalue weighted by molar-refractivity contribution is 5.75. The zero-order valence-electron chi connectivity index (χ0n) is 11.6. The monoisotopic (exact) mass is 283 g/mol. The molecule has 0 spiro atoms. The molecule has 1 saturated carbocycles. The van der Waals surface area contributed by atoms with Gasteiger partial charge in [-0.1, -0.05) is 19.8 Å². The molecule has 0 amide bonds. The van der Waals surface area contributed by atoms with Gasteiger partial charge in [0, 0.05) is 0 Å². The molecule has 1 aromatic heterocycles. The van der Waals surface area contributed by atoms with Gasteiger partial charge in [-0.25, -0.2) is 0 Å². The molecule has 0 N–H and O–H groups in total. The Morgan fingerprint density at radius 1 is 1.30 bits per heavy atom. The minimum atomic E-state index is -1.09. The summed E-state index contributed by atoms with van der Waals surface area (Å²) >= 11 is 0. The predicted octanol–water partition coefficient (Wildman–Crippen LogP) is 3.87. The van der Waals surface area contributed by atoms with Gasteiger partial charge in [-0.3, -0.25) is 4.79 Å². The summed E-state index contributed by atoms with van der Waals surface area (Å²) < 4.78 is 31.0. The van der Waals surface area contributed by atoms with Gasteiger partial charge in [0.2, 0.25) is 5.95 Å². The first-order valence-electron chi connectivity index (χ1n) is 7.14. The molecule has 0 aliphatic heterocycles. The molecule has 0 radical (unpaired) electrons. The van der Waals surface area contributed by atoms with Crippen LogP contribution in [0.15, 0.2) is 12.1 Å². The molecule has 0 unspecified atom stereocenters. The lowest BCUT2D eigenvalue weighted by atomic mass is 9.80. The Bertz CT molecular complexity index is 471. The van der Waals surface area contributed by atoms with E-state index >= 15 is 0 Å². The second-order valence-corrected chi connectivity index (χ2v) is 5.35. The lowest BCUT2D eigenvalue weighted by Crippen LogP contribution is -2.26. The third kappa shape index (κ3) is 3.74. The maximum atomic E-state index is 13.3. The zero-order chi connectivity index (χ0) is 14.5. The number of hydrogen-bond donors (Lipinski definition) is 0. The van der Waals surface area contributed by atoms with E-state index in [0.29, 0.717) is 5.92 Å². The smallest absolute Gasteiger partial charge is 0.314 e. The first-order valence-corrected chi connectivity index (χ1v) is 7.14. The van der Waals surface area contributed by atoms with Crippen molar-refractivity contribution in [1.82, 2.24) is 4.98 Å². The van der Waals surface area contributed by atoms with Crippen molar-refractivity contribution in [1.29, 1.82) is 0 Å². The molecule has 1 fully saturated rings. The maximum Gasteiger partial charge on any atom is 0.314 e. The molecule has 3 nitrogen and oxygen atoms in total.